The van der Waals surface area contributed by atoms with Crippen LogP contribution in [0.3, 0.4) is 0 Å². The number of benzene rings is 7. The molecule has 0 N–H and O–H groups in total. The summed E-state index contributed by atoms with van der Waals surface area (Å²) in [5.41, 5.74) is 17.3. The van der Waals surface area contributed by atoms with E-state index in [0.29, 0.717) is 15.6 Å². The highest BCUT2D eigenvalue weighted by Crippen LogP contribution is 2.63. The van der Waals surface area contributed by atoms with Crippen molar-refractivity contribution >= 4 is 9.84 Å². The van der Waals surface area contributed by atoms with Crippen LogP contribution >= 0.6 is 0 Å². The van der Waals surface area contributed by atoms with Crippen molar-refractivity contribution in [2.45, 2.75) is 15.2 Å². The summed E-state index contributed by atoms with van der Waals surface area (Å²) >= 11 is 0. The van der Waals surface area contributed by atoms with Gasteiger partial charge < -0.3 is 0 Å². The molecule has 0 amide bonds. The first kappa shape index (κ1) is 36.5. The standard InChI is InChI=1S/C57H34N4O2S/c62-64(63)54-23-11-8-20-44(54)46-30-50-45(31-55(46)64)42-19-7-10-22-48(42)57(50)47-21-9-6-18-41(47)39-16-4-5-17-40(39)43-26-24-36(29-49(43)57)56-60-52(35-13-2-1-3-14-35)32-53(61-56)38-25-27-51(59-34-38)37-15-12-28-58-33-37/h1-34H. The Labute approximate surface area is 370 Å². The lowest BCUT2D eigenvalue weighted by atomic mass is 9.65. The second-order valence-corrected chi connectivity index (χ2v) is 18.4. The van der Waals surface area contributed by atoms with E-state index < -0.39 is 15.3 Å². The van der Waals surface area contributed by atoms with Crippen molar-refractivity contribution in [2.24, 2.45) is 0 Å². The van der Waals surface area contributed by atoms with E-state index >= 15 is 0 Å². The minimum atomic E-state index is -3.74. The zero-order valence-corrected chi connectivity index (χ0v) is 35.0. The minimum Gasteiger partial charge on any atom is -0.264 e. The second-order valence-electron chi connectivity index (χ2n) is 16.5. The molecule has 1 atom stereocenters. The van der Waals surface area contributed by atoms with Crippen molar-refractivity contribution < 1.29 is 8.42 Å². The minimum absolute atomic E-state index is 0.347. The quantitative estimate of drug-likeness (QED) is 0.175. The Balaban J connectivity index is 1.10. The molecule has 13 rings (SSSR count). The van der Waals surface area contributed by atoms with Gasteiger partial charge >= 0.3 is 0 Å². The maximum absolute atomic E-state index is 14.3. The normalized spacial score (nSPS) is 15.5. The van der Waals surface area contributed by atoms with Crippen LogP contribution < -0.4 is 0 Å². The van der Waals surface area contributed by atoms with Gasteiger partial charge in [0.1, 0.15) is 0 Å². The average Bonchev–Trinajstić information content (AvgIpc) is 3.73. The van der Waals surface area contributed by atoms with E-state index in [4.69, 9.17) is 15.0 Å². The van der Waals surface area contributed by atoms with Crippen molar-refractivity contribution in [3.63, 3.8) is 0 Å². The lowest BCUT2D eigenvalue weighted by Crippen LogP contribution is -2.29. The van der Waals surface area contributed by atoms with E-state index in [1.54, 1.807) is 18.3 Å². The van der Waals surface area contributed by atoms with Crippen LogP contribution in [0.25, 0.3) is 89.7 Å². The molecule has 64 heavy (non-hydrogen) atoms. The van der Waals surface area contributed by atoms with Crippen LogP contribution in [0.5, 0.6) is 0 Å². The van der Waals surface area contributed by atoms with E-state index in [0.717, 1.165) is 106 Å². The molecule has 0 bridgehead atoms. The molecular formula is C57H34N4O2S. The molecule has 300 valence electrons. The van der Waals surface area contributed by atoms with E-state index in [-0.39, 0.29) is 0 Å². The highest BCUT2D eigenvalue weighted by molar-refractivity contribution is 7.92. The maximum Gasteiger partial charge on any atom is 0.207 e. The van der Waals surface area contributed by atoms with Gasteiger partial charge in [-0.3, -0.25) is 9.97 Å². The van der Waals surface area contributed by atoms with Crippen LogP contribution in [0.2, 0.25) is 0 Å². The van der Waals surface area contributed by atoms with Crippen LogP contribution in [0.1, 0.15) is 22.3 Å². The smallest absolute Gasteiger partial charge is 0.207 e. The third kappa shape index (κ3) is 5.16. The first-order valence-electron chi connectivity index (χ1n) is 21.3. The molecule has 1 aliphatic heterocycles. The van der Waals surface area contributed by atoms with Crippen molar-refractivity contribution in [3.8, 4) is 89.7 Å². The molecule has 10 aromatic rings. The fraction of sp³-hybridized carbons (Fsp3) is 0.0175. The number of rotatable bonds is 4. The maximum atomic E-state index is 14.3. The van der Waals surface area contributed by atoms with Crippen LogP contribution in [0, 0.1) is 0 Å². The fourth-order valence-corrected chi connectivity index (χ4v) is 12.1. The second kappa shape index (κ2) is 13.7. The molecule has 6 nitrogen and oxygen atoms in total. The Morgan fingerprint density at radius 3 is 1.64 bits per heavy atom. The zero-order chi connectivity index (χ0) is 42.6. The van der Waals surface area contributed by atoms with Gasteiger partial charge in [-0.15, -0.1) is 0 Å². The molecule has 0 radical (unpaired) electrons. The fourth-order valence-electron chi connectivity index (χ4n) is 10.4. The monoisotopic (exact) mass is 838 g/mol. The summed E-state index contributed by atoms with van der Waals surface area (Å²) in [6.07, 6.45) is 5.44. The van der Waals surface area contributed by atoms with Crippen molar-refractivity contribution in [1.82, 2.24) is 19.9 Å². The Hall–Kier alpha value is -8.13. The van der Waals surface area contributed by atoms with Gasteiger partial charge in [0, 0.05) is 52.0 Å². The highest BCUT2D eigenvalue weighted by atomic mass is 32.2. The highest BCUT2D eigenvalue weighted by Gasteiger charge is 2.51. The average molecular weight is 839 g/mol. The number of nitrogens with zero attached hydrogens (tertiary/aromatic N) is 4. The summed E-state index contributed by atoms with van der Waals surface area (Å²) in [5, 5.41) is 0. The van der Waals surface area contributed by atoms with E-state index in [1.807, 2.05) is 73.1 Å². The summed E-state index contributed by atoms with van der Waals surface area (Å²) in [6, 6.07) is 64.2. The molecule has 3 aromatic heterocycles. The Kier molecular flexibility index (Phi) is 7.81. The van der Waals surface area contributed by atoms with Gasteiger partial charge in [-0.25, -0.2) is 18.4 Å². The number of pyridine rings is 2. The third-order valence-electron chi connectivity index (χ3n) is 13.2. The lowest BCUT2D eigenvalue weighted by molar-refractivity contribution is 0.598. The van der Waals surface area contributed by atoms with Crippen LogP contribution in [-0.2, 0) is 15.3 Å². The first-order chi connectivity index (χ1) is 31.5. The molecule has 0 saturated heterocycles. The summed E-state index contributed by atoms with van der Waals surface area (Å²) in [5.74, 6) is 0.580. The van der Waals surface area contributed by atoms with Crippen LogP contribution in [-0.4, -0.2) is 28.4 Å². The van der Waals surface area contributed by atoms with Gasteiger partial charge in [0.05, 0.1) is 32.3 Å². The lowest BCUT2D eigenvalue weighted by Gasteiger charge is -2.35. The molecule has 1 unspecified atom stereocenters. The topological polar surface area (TPSA) is 85.7 Å². The van der Waals surface area contributed by atoms with Crippen LogP contribution in [0.15, 0.2) is 216 Å². The summed E-state index contributed by atoms with van der Waals surface area (Å²) in [4.78, 5) is 20.5. The van der Waals surface area contributed by atoms with Crippen molar-refractivity contribution in [2.75, 3.05) is 0 Å². The number of hydrogen-bond acceptors (Lipinski definition) is 6. The van der Waals surface area contributed by atoms with Gasteiger partial charge in [0.2, 0.25) is 9.84 Å². The van der Waals surface area contributed by atoms with Gasteiger partial charge in [-0.2, -0.15) is 0 Å². The van der Waals surface area contributed by atoms with Gasteiger partial charge in [0.25, 0.3) is 0 Å². The van der Waals surface area contributed by atoms with Gasteiger partial charge in [-0.05, 0) is 110 Å². The number of hydrogen-bond donors (Lipinski definition) is 0. The van der Waals surface area contributed by atoms with Crippen LogP contribution in [0.4, 0.5) is 0 Å². The van der Waals surface area contributed by atoms with E-state index in [2.05, 4.69) is 120 Å². The molecule has 7 aromatic carbocycles. The Morgan fingerprint density at radius 2 is 0.938 bits per heavy atom. The summed E-state index contributed by atoms with van der Waals surface area (Å²) < 4.78 is 28.6. The van der Waals surface area contributed by atoms with Gasteiger partial charge in [-0.1, -0.05) is 133 Å². The molecular weight excluding hydrogens is 805 g/mol. The molecule has 4 heterocycles. The Bertz CT molecular complexity index is 3680. The Morgan fingerprint density at radius 1 is 0.359 bits per heavy atom. The van der Waals surface area contributed by atoms with E-state index in [9.17, 15) is 8.42 Å². The van der Waals surface area contributed by atoms with E-state index in [1.165, 1.54) is 0 Å². The summed E-state index contributed by atoms with van der Waals surface area (Å²) in [6.45, 7) is 0. The molecule has 3 aliphatic rings. The molecule has 0 fully saturated rings. The number of fused-ring (bicyclic) bond motifs is 15. The molecule has 0 saturated carbocycles. The first-order valence-corrected chi connectivity index (χ1v) is 22.8. The largest absolute Gasteiger partial charge is 0.264 e. The predicted molar refractivity (Wildman–Crippen MR) is 252 cm³/mol. The SMILES string of the molecule is O=S1(=O)c2ccccc2-c2cc3c(cc21)-c1ccccc1C31c2ccccc2-c2ccccc2-c2ccc(-c3nc(-c4ccccc4)cc(-c4ccc(-c5cccnc5)nc4)n3)cc21. The molecule has 7 heteroatoms. The third-order valence-corrected chi connectivity index (χ3v) is 15.1. The summed E-state index contributed by atoms with van der Waals surface area (Å²) in [7, 11) is -3.74. The van der Waals surface area contributed by atoms with Gasteiger partial charge in [0.15, 0.2) is 5.82 Å². The molecule has 2 aliphatic carbocycles. The number of sulfone groups is 1. The molecule has 1 spiro atoms. The predicted octanol–water partition coefficient (Wildman–Crippen LogP) is 12.8. The number of aromatic nitrogens is 4. The zero-order valence-electron chi connectivity index (χ0n) is 34.1. The van der Waals surface area contributed by atoms with Crippen molar-refractivity contribution in [1.29, 1.82) is 0 Å². The van der Waals surface area contributed by atoms with Crippen molar-refractivity contribution in [3.05, 3.63) is 229 Å².